The highest BCUT2D eigenvalue weighted by atomic mass is 16.1. The Labute approximate surface area is 96.2 Å². The Morgan fingerprint density at radius 3 is 2.75 bits per heavy atom. The maximum atomic E-state index is 11.7. The third kappa shape index (κ3) is 2.83. The minimum atomic E-state index is 0.133. The Hall–Kier alpha value is -1.35. The molecule has 1 aliphatic rings. The van der Waals surface area contributed by atoms with Crippen molar-refractivity contribution in [3.8, 4) is 0 Å². The zero-order valence-corrected chi connectivity index (χ0v) is 9.57. The van der Waals surface area contributed by atoms with Crippen LogP contribution in [0, 0.1) is 0 Å². The topological polar surface area (TPSA) is 41.1 Å². The minimum Gasteiger partial charge on any atom is -0.354 e. The van der Waals surface area contributed by atoms with Crippen LogP contribution in [0.3, 0.4) is 0 Å². The van der Waals surface area contributed by atoms with Gasteiger partial charge in [-0.15, -0.1) is 0 Å². The van der Waals surface area contributed by atoms with E-state index in [4.69, 9.17) is 0 Å². The van der Waals surface area contributed by atoms with E-state index in [1.807, 2.05) is 25.1 Å². The van der Waals surface area contributed by atoms with Gasteiger partial charge in [0.25, 0.3) is 0 Å². The van der Waals surface area contributed by atoms with Gasteiger partial charge in [-0.2, -0.15) is 0 Å². The first-order valence-electron chi connectivity index (χ1n) is 5.83. The largest absolute Gasteiger partial charge is 0.354 e. The Kier molecular flexibility index (Phi) is 3.57. The van der Waals surface area contributed by atoms with Gasteiger partial charge in [0, 0.05) is 18.5 Å². The Morgan fingerprint density at radius 1 is 1.25 bits per heavy atom. The van der Waals surface area contributed by atoms with Crippen LogP contribution in [0.4, 0.5) is 0 Å². The van der Waals surface area contributed by atoms with Gasteiger partial charge in [0.2, 0.25) is 5.91 Å². The summed E-state index contributed by atoms with van der Waals surface area (Å²) in [5.74, 6) is 0.133. The molecule has 0 bridgehead atoms. The summed E-state index contributed by atoms with van der Waals surface area (Å²) in [5.41, 5.74) is 1.19. The first-order valence-corrected chi connectivity index (χ1v) is 5.83. The fourth-order valence-electron chi connectivity index (χ4n) is 2.06. The number of carbonyl (C=O) groups excluding carboxylic acids is 1. The molecule has 2 unspecified atom stereocenters. The summed E-state index contributed by atoms with van der Waals surface area (Å²) >= 11 is 0. The average molecular weight is 218 g/mol. The Balaban J connectivity index is 2.07. The summed E-state index contributed by atoms with van der Waals surface area (Å²) in [4.78, 5) is 11.7. The van der Waals surface area contributed by atoms with Crippen molar-refractivity contribution in [1.82, 2.24) is 10.6 Å². The van der Waals surface area contributed by atoms with Crippen molar-refractivity contribution in [2.45, 2.75) is 31.8 Å². The standard InChI is InChI=1S/C13H18N2O/c1-10-7-8-14-12(9-13(16)15-10)11-5-3-2-4-6-11/h2-6,10,12,14H,7-9H2,1H3,(H,15,16). The van der Waals surface area contributed by atoms with E-state index in [0.29, 0.717) is 6.42 Å². The van der Waals surface area contributed by atoms with E-state index in [1.165, 1.54) is 5.56 Å². The predicted molar refractivity (Wildman–Crippen MR) is 64.0 cm³/mol. The van der Waals surface area contributed by atoms with E-state index in [-0.39, 0.29) is 18.0 Å². The van der Waals surface area contributed by atoms with E-state index in [9.17, 15) is 4.79 Å². The van der Waals surface area contributed by atoms with E-state index >= 15 is 0 Å². The molecular formula is C13H18N2O. The molecule has 86 valence electrons. The van der Waals surface area contributed by atoms with Gasteiger partial charge in [-0.25, -0.2) is 0 Å². The second-order valence-electron chi connectivity index (χ2n) is 4.38. The third-order valence-corrected chi connectivity index (χ3v) is 2.97. The van der Waals surface area contributed by atoms with Crippen molar-refractivity contribution in [3.05, 3.63) is 35.9 Å². The number of amides is 1. The molecule has 0 radical (unpaired) electrons. The number of hydrogen-bond donors (Lipinski definition) is 2. The smallest absolute Gasteiger partial charge is 0.222 e. The number of carbonyl (C=O) groups is 1. The van der Waals surface area contributed by atoms with Crippen molar-refractivity contribution < 1.29 is 4.79 Å². The van der Waals surface area contributed by atoms with Gasteiger partial charge < -0.3 is 10.6 Å². The molecule has 0 saturated carbocycles. The minimum absolute atomic E-state index is 0.133. The first kappa shape index (κ1) is 11.1. The molecule has 2 atom stereocenters. The lowest BCUT2D eigenvalue weighted by atomic mass is 10.0. The highest BCUT2D eigenvalue weighted by molar-refractivity contribution is 5.77. The maximum absolute atomic E-state index is 11.7. The summed E-state index contributed by atoms with van der Waals surface area (Å²) in [6.07, 6.45) is 1.50. The predicted octanol–water partition coefficient (Wildman–Crippen LogP) is 1.62. The van der Waals surface area contributed by atoms with Crippen LogP contribution in [0.15, 0.2) is 30.3 Å². The molecule has 0 aliphatic carbocycles. The van der Waals surface area contributed by atoms with Gasteiger partial charge in [0.1, 0.15) is 0 Å². The van der Waals surface area contributed by atoms with Crippen LogP contribution in [-0.4, -0.2) is 18.5 Å². The molecule has 1 amide bonds. The zero-order chi connectivity index (χ0) is 11.4. The fourth-order valence-corrected chi connectivity index (χ4v) is 2.06. The van der Waals surface area contributed by atoms with Crippen LogP contribution in [0.1, 0.15) is 31.4 Å². The molecule has 1 aromatic carbocycles. The van der Waals surface area contributed by atoms with Gasteiger partial charge in [0.05, 0.1) is 0 Å². The van der Waals surface area contributed by atoms with Crippen molar-refractivity contribution in [3.63, 3.8) is 0 Å². The lowest BCUT2D eigenvalue weighted by Crippen LogP contribution is -2.41. The van der Waals surface area contributed by atoms with Crippen LogP contribution in [-0.2, 0) is 4.79 Å². The molecule has 1 aliphatic heterocycles. The second kappa shape index (κ2) is 5.12. The zero-order valence-electron chi connectivity index (χ0n) is 9.57. The monoisotopic (exact) mass is 218 g/mol. The molecule has 3 nitrogen and oxygen atoms in total. The Morgan fingerprint density at radius 2 is 2.00 bits per heavy atom. The number of rotatable bonds is 1. The fraction of sp³-hybridized carbons (Fsp3) is 0.462. The first-order chi connectivity index (χ1) is 7.75. The van der Waals surface area contributed by atoms with Crippen molar-refractivity contribution in [2.75, 3.05) is 6.54 Å². The van der Waals surface area contributed by atoms with Crippen LogP contribution in [0.2, 0.25) is 0 Å². The quantitative estimate of drug-likeness (QED) is 0.752. The molecule has 1 heterocycles. The highest BCUT2D eigenvalue weighted by Crippen LogP contribution is 2.17. The second-order valence-corrected chi connectivity index (χ2v) is 4.38. The van der Waals surface area contributed by atoms with E-state index < -0.39 is 0 Å². The van der Waals surface area contributed by atoms with Gasteiger partial charge >= 0.3 is 0 Å². The number of nitrogens with one attached hydrogen (secondary N) is 2. The van der Waals surface area contributed by atoms with Gasteiger partial charge in [0.15, 0.2) is 0 Å². The van der Waals surface area contributed by atoms with Crippen molar-refractivity contribution >= 4 is 5.91 Å². The Bertz CT molecular complexity index is 350. The number of benzene rings is 1. The van der Waals surface area contributed by atoms with E-state index in [0.717, 1.165) is 13.0 Å². The summed E-state index contributed by atoms with van der Waals surface area (Å²) in [6.45, 7) is 2.99. The SMILES string of the molecule is CC1CCNC(c2ccccc2)CC(=O)N1. The average Bonchev–Trinajstić information content (AvgIpc) is 2.26. The van der Waals surface area contributed by atoms with Crippen LogP contribution in [0.5, 0.6) is 0 Å². The van der Waals surface area contributed by atoms with Crippen molar-refractivity contribution in [1.29, 1.82) is 0 Å². The summed E-state index contributed by atoms with van der Waals surface area (Å²) in [6, 6.07) is 10.6. The molecule has 0 spiro atoms. The lowest BCUT2D eigenvalue weighted by molar-refractivity contribution is -0.122. The lowest BCUT2D eigenvalue weighted by Gasteiger charge is -2.25. The number of hydrogen-bond acceptors (Lipinski definition) is 2. The normalized spacial score (nSPS) is 26.7. The summed E-state index contributed by atoms with van der Waals surface area (Å²) < 4.78 is 0. The highest BCUT2D eigenvalue weighted by Gasteiger charge is 2.19. The molecule has 2 rings (SSSR count). The van der Waals surface area contributed by atoms with Gasteiger partial charge in [-0.3, -0.25) is 4.79 Å². The van der Waals surface area contributed by atoms with Gasteiger partial charge in [-0.05, 0) is 25.5 Å². The van der Waals surface area contributed by atoms with E-state index in [1.54, 1.807) is 0 Å². The van der Waals surface area contributed by atoms with Crippen LogP contribution >= 0.6 is 0 Å². The van der Waals surface area contributed by atoms with Crippen molar-refractivity contribution in [2.24, 2.45) is 0 Å². The molecule has 2 N–H and O–H groups in total. The summed E-state index contributed by atoms with van der Waals surface area (Å²) in [7, 11) is 0. The summed E-state index contributed by atoms with van der Waals surface area (Å²) in [5, 5.41) is 6.44. The maximum Gasteiger partial charge on any atom is 0.222 e. The molecule has 1 saturated heterocycles. The molecule has 0 aromatic heterocycles. The van der Waals surface area contributed by atoms with E-state index in [2.05, 4.69) is 22.8 Å². The van der Waals surface area contributed by atoms with Crippen LogP contribution in [0.25, 0.3) is 0 Å². The molecular weight excluding hydrogens is 200 g/mol. The third-order valence-electron chi connectivity index (χ3n) is 2.97. The molecule has 1 fully saturated rings. The molecule has 1 aromatic rings. The molecule has 3 heteroatoms. The van der Waals surface area contributed by atoms with Crippen LogP contribution < -0.4 is 10.6 Å². The molecule has 16 heavy (non-hydrogen) atoms. The van der Waals surface area contributed by atoms with Gasteiger partial charge in [-0.1, -0.05) is 30.3 Å².